The average molecular weight is 408 g/mol. The molecule has 0 radical (unpaired) electrons. The van der Waals surface area contributed by atoms with Crippen LogP contribution in [0, 0.1) is 0 Å². The smallest absolute Gasteiger partial charge is 0.454 e. The van der Waals surface area contributed by atoms with E-state index >= 15 is 0 Å². The summed E-state index contributed by atoms with van der Waals surface area (Å²) in [5.74, 6) is -2.63. The number of alkyl halides is 3. The van der Waals surface area contributed by atoms with Gasteiger partial charge in [-0.25, -0.2) is 0 Å². The molecule has 1 atom stereocenters. The normalized spacial score (nSPS) is 21.3. The second kappa shape index (κ2) is 6.36. The van der Waals surface area contributed by atoms with Crippen molar-refractivity contribution < 1.29 is 37.0 Å². The first kappa shape index (κ1) is 19.0. The lowest BCUT2D eigenvalue weighted by Gasteiger charge is -2.47. The number of ether oxygens (including phenoxy) is 2. The number of hydrogen-bond acceptors (Lipinski definition) is 5. The van der Waals surface area contributed by atoms with Crippen LogP contribution in [0.4, 0.5) is 13.2 Å². The van der Waals surface area contributed by atoms with Crippen molar-refractivity contribution in [3.63, 3.8) is 0 Å². The average Bonchev–Trinajstić information content (AvgIpc) is 3.14. The van der Waals surface area contributed by atoms with E-state index < -0.39 is 36.0 Å². The zero-order valence-corrected chi connectivity index (χ0v) is 15.1. The zero-order chi connectivity index (χ0) is 21.0. The highest BCUT2D eigenvalue weighted by atomic mass is 19.4. The van der Waals surface area contributed by atoms with Crippen molar-refractivity contribution in [2.24, 2.45) is 0 Å². The van der Waals surface area contributed by atoms with E-state index in [9.17, 15) is 27.6 Å². The van der Waals surface area contributed by atoms with Crippen molar-refractivity contribution >= 4 is 17.6 Å². The van der Waals surface area contributed by atoms with E-state index in [1.54, 1.807) is 6.07 Å². The first-order valence-electron chi connectivity index (χ1n) is 8.62. The molecule has 1 spiro atoms. The molecule has 1 aliphatic carbocycles. The maximum absolute atomic E-state index is 13.3. The molecule has 29 heavy (non-hydrogen) atoms. The highest BCUT2D eigenvalue weighted by molar-refractivity contribution is 6.02. The summed E-state index contributed by atoms with van der Waals surface area (Å²) in [5.41, 5.74) is -0.666. The Morgan fingerprint density at radius 1 is 1.17 bits per heavy atom. The van der Waals surface area contributed by atoms with Gasteiger partial charge in [0, 0.05) is 13.6 Å². The molecule has 10 heteroatoms. The number of carbonyl (C=O) groups excluding carboxylic acids is 3. The summed E-state index contributed by atoms with van der Waals surface area (Å²) >= 11 is 0. The van der Waals surface area contributed by atoms with E-state index in [1.165, 1.54) is 37.4 Å². The Bertz CT molecular complexity index is 967. The van der Waals surface area contributed by atoms with Gasteiger partial charge in [0.05, 0.1) is 5.41 Å². The number of hydrogen-bond donors (Lipinski definition) is 1. The summed E-state index contributed by atoms with van der Waals surface area (Å²) in [6.45, 7) is -0.515. The number of nitrogens with one attached hydrogen (secondary N) is 1. The molecule has 0 fully saturated rings. The highest BCUT2D eigenvalue weighted by Crippen LogP contribution is 2.48. The zero-order valence-electron chi connectivity index (χ0n) is 15.1. The molecule has 1 aromatic carbocycles. The molecule has 0 saturated carbocycles. The third-order valence-electron chi connectivity index (χ3n) is 5.21. The minimum atomic E-state index is -5.18. The van der Waals surface area contributed by atoms with Crippen molar-refractivity contribution in [2.75, 3.05) is 13.8 Å². The predicted octanol–water partition coefficient (Wildman–Crippen LogP) is 1.37. The van der Waals surface area contributed by atoms with Gasteiger partial charge in [-0.05, 0) is 35.4 Å². The molecule has 0 aromatic heterocycles. The molecule has 1 aromatic rings. The van der Waals surface area contributed by atoms with Crippen LogP contribution >= 0.6 is 0 Å². The minimum Gasteiger partial charge on any atom is -0.454 e. The van der Waals surface area contributed by atoms with Gasteiger partial charge in [-0.1, -0.05) is 12.2 Å². The quantitative estimate of drug-likeness (QED) is 0.759. The summed E-state index contributed by atoms with van der Waals surface area (Å²) in [7, 11) is 1.27. The summed E-state index contributed by atoms with van der Waals surface area (Å²) < 4.78 is 50.7. The Kier molecular flexibility index (Phi) is 4.18. The Hall–Kier alpha value is -3.30. The lowest BCUT2D eigenvalue weighted by Crippen LogP contribution is -2.63. The van der Waals surface area contributed by atoms with E-state index in [1.807, 2.05) is 0 Å². The SMILES string of the molecule is CNC(=O)[C@H]1N(C(=O)C(F)(F)F)Cc2cc3c(cc2C12C=CC(=O)C=C2)OCO3. The largest absolute Gasteiger partial charge is 0.471 e. The molecule has 1 N–H and O–H groups in total. The molecule has 2 aliphatic heterocycles. The maximum Gasteiger partial charge on any atom is 0.471 e. The Labute approximate surface area is 162 Å². The maximum atomic E-state index is 13.3. The van der Waals surface area contributed by atoms with Gasteiger partial charge in [0.25, 0.3) is 0 Å². The van der Waals surface area contributed by atoms with E-state index in [2.05, 4.69) is 5.32 Å². The molecule has 0 unspecified atom stereocenters. The lowest BCUT2D eigenvalue weighted by molar-refractivity contribution is -0.190. The second-order valence-corrected chi connectivity index (χ2v) is 6.81. The fourth-order valence-corrected chi connectivity index (χ4v) is 3.96. The van der Waals surface area contributed by atoms with Crippen LogP contribution in [0.2, 0.25) is 0 Å². The number of benzene rings is 1. The number of ketones is 1. The number of halogens is 3. The van der Waals surface area contributed by atoms with Gasteiger partial charge in [0.15, 0.2) is 17.3 Å². The number of nitrogens with zero attached hydrogens (tertiary/aromatic N) is 1. The molecule has 0 saturated heterocycles. The third kappa shape index (κ3) is 2.86. The molecular formula is C19H15F3N2O5. The van der Waals surface area contributed by atoms with Crippen molar-refractivity contribution in [2.45, 2.75) is 24.2 Å². The number of amides is 2. The molecular weight excluding hydrogens is 393 g/mol. The minimum absolute atomic E-state index is 0.0561. The van der Waals surface area contributed by atoms with E-state index in [-0.39, 0.29) is 12.6 Å². The Balaban J connectivity index is 1.98. The molecule has 3 aliphatic rings. The van der Waals surface area contributed by atoms with Crippen molar-refractivity contribution in [1.29, 1.82) is 0 Å². The van der Waals surface area contributed by atoms with Crippen LogP contribution in [0.1, 0.15) is 11.1 Å². The van der Waals surface area contributed by atoms with Crippen LogP contribution in [0.5, 0.6) is 11.5 Å². The van der Waals surface area contributed by atoms with Crippen LogP contribution in [-0.4, -0.2) is 48.6 Å². The number of fused-ring (bicyclic) bond motifs is 3. The standard InChI is InChI=1S/C19H15F3N2O5/c1-23-16(26)15-18(4-2-11(25)3-5-18)12-7-14-13(28-9-29-14)6-10(12)8-24(15)17(27)19(20,21)22/h2-7,15H,8-9H2,1H3,(H,23,26)/t15-/m1/s1. The van der Waals surface area contributed by atoms with E-state index in [0.717, 1.165) is 0 Å². The molecule has 0 bridgehead atoms. The molecule has 2 heterocycles. The topological polar surface area (TPSA) is 84.9 Å². The van der Waals surface area contributed by atoms with Crippen LogP contribution in [0.25, 0.3) is 0 Å². The number of allylic oxidation sites excluding steroid dienone is 2. The summed E-state index contributed by atoms with van der Waals surface area (Å²) in [5, 5.41) is 2.33. The molecule has 4 rings (SSSR count). The van der Waals surface area contributed by atoms with E-state index in [4.69, 9.17) is 9.47 Å². The first-order valence-corrected chi connectivity index (χ1v) is 8.62. The molecule has 152 valence electrons. The van der Waals surface area contributed by atoms with E-state index in [0.29, 0.717) is 27.5 Å². The first-order chi connectivity index (χ1) is 13.7. The monoisotopic (exact) mass is 408 g/mol. The predicted molar refractivity (Wildman–Crippen MR) is 92.0 cm³/mol. The third-order valence-corrected chi connectivity index (χ3v) is 5.21. The van der Waals surface area contributed by atoms with Crippen LogP contribution in [-0.2, 0) is 26.3 Å². The van der Waals surface area contributed by atoms with Crippen LogP contribution in [0.15, 0.2) is 36.4 Å². The fraction of sp³-hybridized carbons (Fsp3) is 0.316. The van der Waals surface area contributed by atoms with Gasteiger partial charge in [-0.15, -0.1) is 0 Å². The van der Waals surface area contributed by atoms with Crippen molar-refractivity contribution in [3.8, 4) is 11.5 Å². The number of carbonyl (C=O) groups is 3. The lowest BCUT2D eigenvalue weighted by atomic mass is 9.66. The highest BCUT2D eigenvalue weighted by Gasteiger charge is 2.56. The van der Waals surface area contributed by atoms with Gasteiger partial charge in [0.2, 0.25) is 12.7 Å². The Morgan fingerprint density at radius 3 is 2.38 bits per heavy atom. The summed E-state index contributed by atoms with van der Waals surface area (Å²) in [4.78, 5) is 37.2. The second-order valence-electron chi connectivity index (χ2n) is 6.81. The van der Waals surface area contributed by atoms with Crippen molar-refractivity contribution in [3.05, 3.63) is 47.6 Å². The van der Waals surface area contributed by atoms with Crippen molar-refractivity contribution in [1.82, 2.24) is 10.2 Å². The van der Waals surface area contributed by atoms with Gasteiger partial charge < -0.3 is 19.7 Å². The Morgan fingerprint density at radius 2 is 1.79 bits per heavy atom. The van der Waals surface area contributed by atoms with Crippen LogP contribution in [0.3, 0.4) is 0 Å². The van der Waals surface area contributed by atoms with Gasteiger partial charge in [0.1, 0.15) is 6.04 Å². The van der Waals surface area contributed by atoms with Gasteiger partial charge in [-0.3, -0.25) is 14.4 Å². The van der Waals surface area contributed by atoms with Crippen LogP contribution < -0.4 is 14.8 Å². The molecule has 7 nitrogen and oxygen atoms in total. The number of likely N-dealkylation sites (N-methyl/N-ethyl adjacent to an activating group) is 1. The van der Waals surface area contributed by atoms with Gasteiger partial charge >= 0.3 is 12.1 Å². The summed E-state index contributed by atoms with van der Waals surface area (Å²) in [6, 6.07) is 1.51. The molecule has 2 amide bonds. The van der Waals surface area contributed by atoms with Gasteiger partial charge in [-0.2, -0.15) is 13.2 Å². The summed E-state index contributed by atoms with van der Waals surface area (Å²) in [6.07, 6.45) is -0.130. The number of rotatable bonds is 1. The fourth-order valence-electron chi connectivity index (χ4n) is 3.96.